The van der Waals surface area contributed by atoms with Crippen LogP contribution in [-0.2, 0) is 4.79 Å². The normalized spacial score (nSPS) is 16.8. The third-order valence-corrected chi connectivity index (χ3v) is 1.32. The lowest BCUT2D eigenvalue weighted by Crippen LogP contribution is -2.36. The molecule has 2 atom stereocenters. The molecule has 3 heteroatoms. The van der Waals surface area contributed by atoms with Gasteiger partial charge in [-0.15, -0.1) is 0 Å². The molecule has 3 nitrogen and oxygen atoms in total. The first kappa shape index (κ1) is 8.43. The second kappa shape index (κ2) is 3.45. The molecule has 0 aliphatic rings. The molecule has 0 radical (unpaired) electrons. The Hall–Kier alpha value is -0.570. The first-order valence-electron chi connectivity index (χ1n) is 2.98. The topological polar surface area (TPSA) is 60.4 Å². The summed E-state index contributed by atoms with van der Waals surface area (Å²) in [6.45, 7) is 3.15. The smallest absolute Gasteiger partial charge is 0.0592 e. The van der Waals surface area contributed by atoms with Crippen molar-refractivity contribution in [3.05, 3.63) is 0 Å². The summed E-state index contributed by atoms with van der Waals surface area (Å²) in [6.07, 6.45) is -0.389. The van der Waals surface area contributed by atoms with Gasteiger partial charge in [0.1, 0.15) is 0 Å². The maximum absolute atomic E-state index is 10.1. The zero-order valence-electron chi connectivity index (χ0n) is 5.63. The predicted octanol–water partition coefficient (Wildman–Crippen LogP) is -0.857. The van der Waals surface area contributed by atoms with Gasteiger partial charge in [-0.1, -0.05) is 6.92 Å². The highest BCUT2D eigenvalue weighted by Gasteiger charge is 2.12. The molecule has 0 aromatic heterocycles. The van der Waals surface area contributed by atoms with Crippen LogP contribution < -0.4 is 5.11 Å². The second-order valence-electron chi connectivity index (χ2n) is 2.07. The third kappa shape index (κ3) is 2.46. The lowest BCUT2D eigenvalue weighted by atomic mass is 10.0. The zero-order chi connectivity index (χ0) is 7.44. The molecule has 0 amide bonds. The van der Waals surface area contributed by atoms with Gasteiger partial charge in [-0.05, 0) is 13.3 Å². The minimum atomic E-state index is -1.17. The summed E-state index contributed by atoms with van der Waals surface area (Å²) in [5.74, 6) is -1.89. The molecule has 0 spiro atoms. The molecule has 0 saturated carbocycles. The van der Waals surface area contributed by atoms with E-state index in [1.807, 2.05) is 0 Å². The summed E-state index contributed by atoms with van der Waals surface area (Å²) in [6, 6.07) is 0. The van der Waals surface area contributed by atoms with E-state index in [4.69, 9.17) is 5.11 Å². The molecular formula is C6H11O3-. The van der Waals surface area contributed by atoms with Crippen molar-refractivity contribution in [1.82, 2.24) is 0 Å². The highest BCUT2D eigenvalue weighted by molar-refractivity contribution is 5.68. The van der Waals surface area contributed by atoms with Crippen molar-refractivity contribution in [3.63, 3.8) is 0 Å². The maximum atomic E-state index is 10.1. The number of carbonyl (C=O) groups is 1. The predicted molar refractivity (Wildman–Crippen MR) is 30.5 cm³/mol. The van der Waals surface area contributed by atoms with Crippen molar-refractivity contribution in [2.24, 2.45) is 5.92 Å². The van der Waals surface area contributed by atoms with Crippen molar-refractivity contribution < 1.29 is 15.0 Å². The van der Waals surface area contributed by atoms with E-state index in [2.05, 4.69) is 0 Å². The van der Waals surface area contributed by atoms with E-state index in [0.29, 0.717) is 6.42 Å². The van der Waals surface area contributed by atoms with E-state index in [-0.39, 0.29) is 0 Å². The second-order valence-corrected chi connectivity index (χ2v) is 2.07. The molecule has 0 rings (SSSR count). The molecule has 54 valence electrons. The highest BCUT2D eigenvalue weighted by Crippen LogP contribution is 2.05. The van der Waals surface area contributed by atoms with Gasteiger partial charge in [0.05, 0.1) is 6.10 Å². The number of aliphatic hydroxyl groups excluding tert-OH is 1. The van der Waals surface area contributed by atoms with Crippen LogP contribution in [0.2, 0.25) is 0 Å². The molecule has 1 N–H and O–H groups in total. The van der Waals surface area contributed by atoms with E-state index in [9.17, 15) is 9.90 Å². The maximum Gasteiger partial charge on any atom is 0.0592 e. The number of carbonyl (C=O) groups excluding carboxylic acids is 1. The Labute approximate surface area is 54.3 Å². The molecule has 2 unspecified atom stereocenters. The summed E-state index contributed by atoms with van der Waals surface area (Å²) < 4.78 is 0. The summed E-state index contributed by atoms with van der Waals surface area (Å²) in [5, 5.41) is 18.9. The Balaban J connectivity index is 3.83. The van der Waals surface area contributed by atoms with Gasteiger partial charge in [0.15, 0.2) is 0 Å². The Bertz CT molecular complexity index is 98.5. The summed E-state index contributed by atoms with van der Waals surface area (Å²) in [7, 11) is 0. The highest BCUT2D eigenvalue weighted by atomic mass is 16.4. The molecule has 0 heterocycles. The first-order valence-corrected chi connectivity index (χ1v) is 2.98. The van der Waals surface area contributed by atoms with Crippen LogP contribution in [-0.4, -0.2) is 17.2 Å². The number of carboxylic acids is 1. The molecule has 0 bridgehead atoms. The van der Waals surface area contributed by atoms with Gasteiger partial charge < -0.3 is 15.0 Å². The van der Waals surface area contributed by atoms with E-state index in [0.717, 1.165) is 0 Å². The molecule has 0 fully saturated rings. The average molecular weight is 131 g/mol. The number of rotatable bonds is 3. The summed E-state index contributed by atoms with van der Waals surface area (Å²) in [4.78, 5) is 10.1. The molecular weight excluding hydrogens is 120 g/mol. The Kier molecular flexibility index (Phi) is 3.24. The Morgan fingerprint density at radius 1 is 1.78 bits per heavy atom. The van der Waals surface area contributed by atoms with Crippen LogP contribution in [0.3, 0.4) is 0 Å². The van der Waals surface area contributed by atoms with Crippen molar-refractivity contribution in [1.29, 1.82) is 0 Å². The van der Waals surface area contributed by atoms with Gasteiger partial charge in [0.2, 0.25) is 0 Å². The van der Waals surface area contributed by atoms with E-state index in [1.54, 1.807) is 6.92 Å². The van der Waals surface area contributed by atoms with Crippen LogP contribution in [0.5, 0.6) is 0 Å². The molecule has 9 heavy (non-hydrogen) atoms. The molecule has 0 saturated heterocycles. The van der Waals surface area contributed by atoms with Gasteiger partial charge in [-0.25, -0.2) is 0 Å². The summed E-state index contributed by atoms with van der Waals surface area (Å²) >= 11 is 0. The van der Waals surface area contributed by atoms with Crippen molar-refractivity contribution in [3.8, 4) is 0 Å². The van der Waals surface area contributed by atoms with Crippen LogP contribution in [0.1, 0.15) is 20.3 Å². The quantitative estimate of drug-likeness (QED) is 0.542. The van der Waals surface area contributed by atoms with Crippen LogP contribution in [0, 0.1) is 5.92 Å². The molecule has 0 aliphatic carbocycles. The SMILES string of the molecule is CCC(C(=O)[O-])C(C)O. The average Bonchev–Trinajstić information content (AvgIpc) is 1.64. The summed E-state index contributed by atoms with van der Waals surface area (Å²) in [5.41, 5.74) is 0. The minimum absolute atomic E-state index is 0.417. The number of hydrogen-bond donors (Lipinski definition) is 1. The van der Waals surface area contributed by atoms with Crippen molar-refractivity contribution >= 4 is 5.97 Å². The van der Waals surface area contributed by atoms with Gasteiger partial charge >= 0.3 is 0 Å². The number of aliphatic hydroxyl groups is 1. The first-order chi connectivity index (χ1) is 4.09. The van der Waals surface area contributed by atoms with E-state index in [1.165, 1.54) is 6.92 Å². The fourth-order valence-corrected chi connectivity index (χ4v) is 0.705. The van der Waals surface area contributed by atoms with Crippen molar-refractivity contribution in [2.75, 3.05) is 0 Å². The van der Waals surface area contributed by atoms with Gasteiger partial charge in [-0.3, -0.25) is 0 Å². The molecule has 0 aromatic rings. The standard InChI is InChI=1S/C6H12O3/c1-3-5(4(2)7)6(8)9/h4-5,7H,3H2,1-2H3,(H,8,9)/p-1. The van der Waals surface area contributed by atoms with Gasteiger partial charge in [0, 0.05) is 11.9 Å². The fraction of sp³-hybridized carbons (Fsp3) is 0.833. The van der Waals surface area contributed by atoms with Gasteiger partial charge in [-0.2, -0.15) is 0 Å². The van der Waals surface area contributed by atoms with E-state index >= 15 is 0 Å². The minimum Gasteiger partial charge on any atom is -0.550 e. The third-order valence-electron chi connectivity index (χ3n) is 1.32. The molecule has 0 aromatic carbocycles. The Morgan fingerprint density at radius 3 is 2.22 bits per heavy atom. The number of hydrogen-bond acceptors (Lipinski definition) is 3. The number of aliphatic carboxylic acids is 1. The van der Waals surface area contributed by atoms with Gasteiger partial charge in [0.25, 0.3) is 0 Å². The van der Waals surface area contributed by atoms with Crippen LogP contribution in [0.15, 0.2) is 0 Å². The lowest BCUT2D eigenvalue weighted by molar-refractivity contribution is -0.314. The Morgan fingerprint density at radius 2 is 2.22 bits per heavy atom. The van der Waals surface area contributed by atoms with Crippen molar-refractivity contribution in [2.45, 2.75) is 26.4 Å². The molecule has 0 aliphatic heterocycles. The monoisotopic (exact) mass is 131 g/mol. The lowest BCUT2D eigenvalue weighted by Gasteiger charge is -2.18. The number of carboxylic acid groups (broad SMARTS) is 1. The van der Waals surface area contributed by atoms with E-state index < -0.39 is 18.0 Å². The van der Waals surface area contributed by atoms with Crippen LogP contribution in [0.4, 0.5) is 0 Å². The largest absolute Gasteiger partial charge is 0.550 e. The zero-order valence-corrected chi connectivity index (χ0v) is 5.63. The fourth-order valence-electron chi connectivity index (χ4n) is 0.705. The van der Waals surface area contributed by atoms with Crippen LogP contribution >= 0.6 is 0 Å². The van der Waals surface area contributed by atoms with Crippen LogP contribution in [0.25, 0.3) is 0 Å².